The van der Waals surface area contributed by atoms with E-state index in [-0.39, 0.29) is 16.9 Å². The van der Waals surface area contributed by atoms with Crippen LogP contribution >= 0.6 is 0 Å². The van der Waals surface area contributed by atoms with E-state index in [4.69, 9.17) is 4.74 Å². The van der Waals surface area contributed by atoms with Gasteiger partial charge in [-0.3, -0.25) is 9.36 Å². The molecule has 1 aromatic carbocycles. The lowest BCUT2D eigenvalue weighted by molar-refractivity contribution is 0.185. The third kappa shape index (κ3) is 1.57. The second-order valence-electron chi connectivity index (χ2n) is 4.29. The van der Waals surface area contributed by atoms with Gasteiger partial charge in [-0.1, -0.05) is 6.07 Å². The Bertz CT molecular complexity index is 713. The highest BCUT2D eigenvalue weighted by atomic mass is 19.1. The molecule has 1 aliphatic rings. The minimum absolute atomic E-state index is 0.0392. The molecule has 0 aliphatic carbocycles. The van der Waals surface area contributed by atoms with Crippen LogP contribution in [0.2, 0.25) is 0 Å². The van der Waals surface area contributed by atoms with Gasteiger partial charge in [-0.05, 0) is 18.6 Å². The summed E-state index contributed by atoms with van der Waals surface area (Å²) in [5.41, 5.74) is -1.10. The first-order valence-electron chi connectivity index (χ1n) is 5.69. The van der Waals surface area contributed by atoms with Gasteiger partial charge in [-0.2, -0.15) is 0 Å². The maximum absolute atomic E-state index is 13.5. The normalized spacial score (nSPS) is 19.5. The highest BCUT2D eigenvalue weighted by Crippen LogP contribution is 2.16. The Labute approximate surface area is 101 Å². The van der Waals surface area contributed by atoms with Crippen molar-refractivity contribution in [2.75, 3.05) is 13.2 Å². The van der Waals surface area contributed by atoms with E-state index in [1.54, 1.807) is 0 Å². The Kier molecular flexibility index (Phi) is 2.52. The molecule has 5 nitrogen and oxygen atoms in total. The average molecular weight is 250 g/mol. The number of nitrogens with one attached hydrogen (secondary N) is 1. The summed E-state index contributed by atoms with van der Waals surface area (Å²) in [6, 6.07) is 3.89. The summed E-state index contributed by atoms with van der Waals surface area (Å²) in [5, 5.41) is 0.182. The number of aromatic amines is 1. The molecule has 0 amide bonds. The van der Waals surface area contributed by atoms with Crippen LogP contribution in [0.5, 0.6) is 0 Å². The third-order valence-electron chi connectivity index (χ3n) is 3.18. The van der Waals surface area contributed by atoms with Crippen LogP contribution in [0.15, 0.2) is 27.8 Å². The molecular weight excluding hydrogens is 239 g/mol. The summed E-state index contributed by atoms with van der Waals surface area (Å²) in [7, 11) is 0. The zero-order chi connectivity index (χ0) is 12.7. The van der Waals surface area contributed by atoms with E-state index in [0.29, 0.717) is 19.6 Å². The Morgan fingerprint density at radius 1 is 1.39 bits per heavy atom. The topological polar surface area (TPSA) is 64.1 Å². The summed E-state index contributed by atoms with van der Waals surface area (Å²) >= 11 is 0. The van der Waals surface area contributed by atoms with Crippen molar-refractivity contribution in [3.63, 3.8) is 0 Å². The first kappa shape index (κ1) is 11.2. The van der Waals surface area contributed by atoms with Gasteiger partial charge in [0.25, 0.3) is 5.56 Å². The Hall–Kier alpha value is -1.95. The van der Waals surface area contributed by atoms with E-state index in [1.807, 2.05) is 0 Å². The number of rotatable bonds is 1. The molecule has 0 bridgehead atoms. The van der Waals surface area contributed by atoms with Gasteiger partial charge in [0.05, 0.1) is 23.6 Å². The summed E-state index contributed by atoms with van der Waals surface area (Å²) in [5.74, 6) is -0.600. The minimum atomic E-state index is -0.600. The SMILES string of the molecule is O=c1[nH]c2c(F)cccc2c(=O)n1C1CCOC1. The number of nitrogens with zero attached hydrogens (tertiary/aromatic N) is 1. The Balaban J connectivity index is 2.34. The number of fused-ring (bicyclic) bond motifs is 1. The molecule has 0 spiro atoms. The monoisotopic (exact) mass is 250 g/mol. The molecule has 2 heterocycles. The van der Waals surface area contributed by atoms with Gasteiger partial charge < -0.3 is 9.72 Å². The van der Waals surface area contributed by atoms with Crippen molar-refractivity contribution >= 4 is 10.9 Å². The maximum Gasteiger partial charge on any atom is 0.329 e. The predicted molar refractivity (Wildman–Crippen MR) is 63.3 cm³/mol. The van der Waals surface area contributed by atoms with Crippen LogP contribution in [0.1, 0.15) is 12.5 Å². The zero-order valence-corrected chi connectivity index (χ0v) is 9.48. The molecule has 6 heteroatoms. The number of para-hydroxylation sites is 1. The van der Waals surface area contributed by atoms with Gasteiger partial charge in [0, 0.05) is 6.61 Å². The number of H-pyrrole nitrogens is 1. The molecule has 0 radical (unpaired) electrons. The molecule has 1 N–H and O–H groups in total. The molecule has 2 aromatic rings. The first-order valence-corrected chi connectivity index (χ1v) is 5.69. The van der Waals surface area contributed by atoms with Gasteiger partial charge in [0.1, 0.15) is 5.82 Å². The number of aromatic nitrogens is 2. The molecular formula is C12H11FN2O3. The Morgan fingerprint density at radius 3 is 2.94 bits per heavy atom. The molecule has 1 atom stereocenters. The van der Waals surface area contributed by atoms with Crippen molar-refractivity contribution in [2.24, 2.45) is 0 Å². The van der Waals surface area contributed by atoms with Crippen molar-refractivity contribution in [1.29, 1.82) is 0 Å². The van der Waals surface area contributed by atoms with E-state index in [2.05, 4.69) is 4.98 Å². The summed E-state index contributed by atoms with van der Waals surface area (Å²) in [6.07, 6.45) is 0.615. The van der Waals surface area contributed by atoms with Gasteiger partial charge in [0.15, 0.2) is 0 Å². The smallest absolute Gasteiger partial charge is 0.329 e. The molecule has 1 saturated heterocycles. The fraction of sp³-hybridized carbons (Fsp3) is 0.333. The van der Waals surface area contributed by atoms with Crippen LogP contribution in [0.3, 0.4) is 0 Å². The third-order valence-corrected chi connectivity index (χ3v) is 3.18. The lowest BCUT2D eigenvalue weighted by Crippen LogP contribution is -2.38. The largest absolute Gasteiger partial charge is 0.379 e. The average Bonchev–Trinajstić information content (AvgIpc) is 2.84. The first-order chi connectivity index (χ1) is 8.68. The highest BCUT2D eigenvalue weighted by molar-refractivity contribution is 5.77. The van der Waals surface area contributed by atoms with Crippen LogP contribution < -0.4 is 11.2 Å². The van der Waals surface area contributed by atoms with Crippen molar-refractivity contribution in [3.8, 4) is 0 Å². The summed E-state index contributed by atoms with van der Waals surface area (Å²) < 4.78 is 19.8. The van der Waals surface area contributed by atoms with Gasteiger partial charge in [-0.25, -0.2) is 9.18 Å². The van der Waals surface area contributed by atoms with Crippen LogP contribution in [-0.2, 0) is 4.74 Å². The van der Waals surface area contributed by atoms with E-state index in [0.717, 1.165) is 4.57 Å². The summed E-state index contributed by atoms with van der Waals surface area (Å²) in [6.45, 7) is 0.863. The Morgan fingerprint density at radius 2 is 2.22 bits per heavy atom. The molecule has 1 aromatic heterocycles. The maximum atomic E-state index is 13.5. The van der Waals surface area contributed by atoms with E-state index in [1.165, 1.54) is 18.2 Å². The molecule has 0 saturated carbocycles. The number of halogens is 1. The molecule has 94 valence electrons. The molecule has 1 aliphatic heterocycles. The van der Waals surface area contributed by atoms with Crippen molar-refractivity contribution in [3.05, 3.63) is 44.9 Å². The zero-order valence-electron chi connectivity index (χ0n) is 9.48. The number of ether oxygens (including phenoxy) is 1. The quantitative estimate of drug-likeness (QED) is 0.813. The molecule has 1 unspecified atom stereocenters. The molecule has 3 rings (SSSR count). The standard InChI is InChI=1S/C12H11FN2O3/c13-9-3-1-2-8-10(9)14-12(17)15(11(8)16)7-4-5-18-6-7/h1-3,7H,4-6H2,(H,14,17). The van der Waals surface area contributed by atoms with E-state index in [9.17, 15) is 14.0 Å². The van der Waals surface area contributed by atoms with Crippen LogP contribution in [-0.4, -0.2) is 22.8 Å². The van der Waals surface area contributed by atoms with Crippen molar-refractivity contribution < 1.29 is 9.13 Å². The predicted octanol–water partition coefficient (Wildman–Crippen LogP) is 0.790. The second kappa shape index (κ2) is 4.06. The fourth-order valence-corrected chi connectivity index (χ4v) is 2.28. The van der Waals surface area contributed by atoms with Gasteiger partial charge in [0.2, 0.25) is 0 Å². The number of hydrogen-bond acceptors (Lipinski definition) is 3. The van der Waals surface area contributed by atoms with Gasteiger partial charge in [-0.15, -0.1) is 0 Å². The van der Waals surface area contributed by atoms with Crippen LogP contribution in [0, 0.1) is 5.82 Å². The second-order valence-corrected chi connectivity index (χ2v) is 4.29. The van der Waals surface area contributed by atoms with E-state index >= 15 is 0 Å². The number of hydrogen-bond donors (Lipinski definition) is 1. The van der Waals surface area contributed by atoms with Crippen LogP contribution in [0.25, 0.3) is 10.9 Å². The molecule has 1 fully saturated rings. The van der Waals surface area contributed by atoms with Crippen molar-refractivity contribution in [2.45, 2.75) is 12.5 Å². The molecule has 18 heavy (non-hydrogen) atoms. The summed E-state index contributed by atoms with van der Waals surface area (Å²) in [4.78, 5) is 26.5. The number of benzene rings is 1. The van der Waals surface area contributed by atoms with E-state index < -0.39 is 17.1 Å². The van der Waals surface area contributed by atoms with Crippen LogP contribution in [0.4, 0.5) is 4.39 Å². The minimum Gasteiger partial charge on any atom is -0.379 e. The van der Waals surface area contributed by atoms with Gasteiger partial charge >= 0.3 is 5.69 Å². The lowest BCUT2D eigenvalue weighted by Gasteiger charge is -2.11. The lowest BCUT2D eigenvalue weighted by atomic mass is 10.2. The highest BCUT2D eigenvalue weighted by Gasteiger charge is 2.22. The fourth-order valence-electron chi connectivity index (χ4n) is 2.28. The van der Waals surface area contributed by atoms with Crippen molar-refractivity contribution in [1.82, 2.24) is 9.55 Å².